The summed E-state index contributed by atoms with van der Waals surface area (Å²) in [5.74, 6) is 1.50. The Morgan fingerprint density at radius 2 is 1.93 bits per heavy atom. The van der Waals surface area contributed by atoms with Gasteiger partial charge in [-0.1, -0.05) is 12.1 Å². The van der Waals surface area contributed by atoms with Crippen molar-refractivity contribution in [2.45, 2.75) is 20.3 Å². The summed E-state index contributed by atoms with van der Waals surface area (Å²) in [5, 5.41) is 0. The maximum Gasteiger partial charge on any atom is 0.181 e. The zero-order chi connectivity index (χ0) is 19.5. The van der Waals surface area contributed by atoms with E-state index in [9.17, 15) is 4.79 Å². The molecule has 0 atom stereocenters. The van der Waals surface area contributed by atoms with E-state index in [2.05, 4.69) is 24.9 Å². The van der Waals surface area contributed by atoms with Gasteiger partial charge in [0, 0.05) is 29.0 Å². The van der Waals surface area contributed by atoms with Gasteiger partial charge in [-0.25, -0.2) is 15.0 Å². The summed E-state index contributed by atoms with van der Waals surface area (Å²) in [5.41, 5.74) is 2.61. The second kappa shape index (κ2) is 7.74. The van der Waals surface area contributed by atoms with Crippen LogP contribution in [0.2, 0.25) is 0 Å². The van der Waals surface area contributed by atoms with Crippen LogP contribution < -0.4 is 0 Å². The molecule has 0 aliphatic carbocycles. The van der Waals surface area contributed by atoms with E-state index in [-0.39, 0.29) is 12.2 Å². The molecular weight excluding hydrogens is 370 g/mol. The largest absolute Gasteiger partial charge is 0.293 e. The Hall–Kier alpha value is -3.32. The summed E-state index contributed by atoms with van der Waals surface area (Å²) in [6, 6.07) is 11.4. The van der Waals surface area contributed by atoms with Gasteiger partial charge in [0.15, 0.2) is 11.6 Å². The third-order valence-electron chi connectivity index (χ3n) is 4.12. The number of nitrogens with zero attached hydrogens (tertiary/aromatic N) is 5. The van der Waals surface area contributed by atoms with Crippen LogP contribution in [0.25, 0.3) is 22.0 Å². The molecular formula is C21H17N5OS. The molecule has 0 N–H and O–H groups in total. The Balaban J connectivity index is 1.61. The Morgan fingerprint density at radius 3 is 2.68 bits per heavy atom. The number of pyridine rings is 2. The molecule has 0 radical (unpaired) electrons. The van der Waals surface area contributed by atoms with Crippen molar-refractivity contribution in [3.63, 3.8) is 0 Å². The van der Waals surface area contributed by atoms with Crippen molar-refractivity contribution in [1.29, 1.82) is 0 Å². The third-order valence-corrected chi connectivity index (χ3v) is 5.45. The number of rotatable bonds is 5. The van der Waals surface area contributed by atoms with Crippen molar-refractivity contribution in [3.8, 4) is 22.0 Å². The van der Waals surface area contributed by atoms with Crippen LogP contribution >= 0.6 is 11.3 Å². The Morgan fingerprint density at radius 1 is 1.04 bits per heavy atom. The molecule has 4 rings (SSSR count). The highest BCUT2D eigenvalue weighted by Crippen LogP contribution is 2.31. The van der Waals surface area contributed by atoms with E-state index in [0.29, 0.717) is 23.2 Å². The van der Waals surface area contributed by atoms with E-state index < -0.39 is 0 Å². The predicted molar refractivity (Wildman–Crippen MR) is 108 cm³/mol. The smallest absolute Gasteiger partial charge is 0.181 e. The van der Waals surface area contributed by atoms with Gasteiger partial charge in [-0.3, -0.25) is 14.8 Å². The van der Waals surface area contributed by atoms with Gasteiger partial charge in [0.05, 0.1) is 11.3 Å². The van der Waals surface area contributed by atoms with Crippen molar-refractivity contribution in [2.24, 2.45) is 0 Å². The van der Waals surface area contributed by atoms with Crippen LogP contribution in [0.5, 0.6) is 0 Å². The quantitative estimate of drug-likeness (QED) is 0.480. The fourth-order valence-corrected chi connectivity index (χ4v) is 3.96. The number of thiophene rings is 1. The maximum atomic E-state index is 12.9. The predicted octanol–water partition coefficient (Wildman–Crippen LogP) is 4.10. The first kappa shape index (κ1) is 18.1. The van der Waals surface area contributed by atoms with Crippen LogP contribution in [-0.4, -0.2) is 30.7 Å². The zero-order valence-electron chi connectivity index (χ0n) is 15.5. The van der Waals surface area contributed by atoms with Crippen LogP contribution in [0, 0.1) is 13.8 Å². The number of hydrogen-bond donors (Lipinski definition) is 0. The summed E-state index contributed by atoms with van der Waals surface area (Å²) < 4.78 is 0. The van der Waals surface area contributed by atoms with Crippen molar-refractivity contribution >= 4 is 17.1 Å². The number of aryl methyl sites for hydroxylation is 2. The van der Waals surface area contributed by atoms with E-state index in [0.717, 1.165) is 20.9 Å². The van der Waals surface area contributed by atoms with Gasteiger partial charge in [0.1, 0.15) is 17.3 Å². The standard InChI is InChI=1S/C21H17N5OS/c1-13-10-18(15-6-5-8-22-12-15)28-20(13)17(27)11-19-24-14(2)25-21(26-19)16-7-3-4-9-23-16/h3-10,12H,11H2,1-2H3. The normalized spacial score (nSPS) is 10.8. The number of ketones is 1. The Bertz CT molecular complexity index is 1130. The molecule has 4 aromatic heterocycles. The van der Waals surface area contributed by atoms with Gasteiger partial charge < -0.3 is 0 Å². The molecule has 0 unspecified atom stereocenters. The van der Waals surface area contributed by atoms with Crippen LogP contribution in [0.4, 0.5) is 0 Å². The summed E-state index contributed by atoms with van der Waals surface area (Å²) in [4.78, 5) is 36.2. The van der Waals surface area contributed by atoms with Crippen molar-refractivity contribution in [3.05, 3.63) is 77.1 Å². The van der Waals surface area contributed by atoms with Crippen LogP contribution in [0.1, 0.15) is 26.9 Å². The lowest BCUT2D eigenvalue weighted by Crippen LogP contribution is -2.10. The average molecular weight is 387 g/mol. The molecule has 0 bridgehead atoms. The third kappa shape index (κ3) is 3.84. The second-order valence-electron chi connectivity index (χ2n) is 6.30. The van der Waals surface area contributed by atoms with Gasteiger partial charge in [-0.05, 0) is 43.7 Å². The van der Waals surface area contributed by atoms with E-state index >= 15 is 0 Å². The molecule has 138 valence electrons. The van der Waals surface area contributed by atoms with E-state index in [4.69, 9.17) is 0 Å². The minimum Gasteiger partial charge on any atom is -0.293 e. The van der Waals surface area contributed by atoms with Gasteiger partial charge in [0.25, 0.3) is 0 Å². The number of Topliss-reactive ketones (excluding diaryl/α,β-unsaturated/α-hetero) is 1. The van der Waals surface area contributed by atoms with Crippen molar-refractivity contribution < 1.29 is 4.79 Å². The summed E-state index contributed by atoms with van der Waals surface area (Å²) in [7, 11) is 0. The van der Waals surface area contributed by atoms with Gasteiger partial charge >= 0.3 is 0 Å². The zero-order valence-corrected chi connectivity index (χ0v) is 16.3. The van der Waals surface area contributed by atoms with Gasteiger partial charge in [-0.2, -0.15) is 0 Å². The number of hydrogen-bond acceptors (Lipinski definition) is 7. The topological polar surface area (TPSA) is 81.5 Å². The lowest BCUT2D eigenvalue weighted by molar-refractivity contribution is 0.0994. The molecule has 0 spiro atoms. The van der Waals surface area contributed by atoms with Gasteiger partial charge in [-0.15, -0.1) is 11.3 Å². The molecule has 7 heteroatoms. The number of aromatic nitrogens is 5. The van der Waals surface area contributed by atoms with E-state index in [1.807, 2.05) is 43.3 Å². The molecule has 4 heterocycles. The molecule has 0 aliphatic rings. The lowest BCUT2D eigenvalue weighted by atomic mass is 10.1. The maximum absolute atomic E-state index is 12.9. The first-order valence-corrected chi connectivity index (χ1v) is 9.59. The molecule has 0 aromatic carbocycles. The first-order chi connectivity index (χ1) is 13.6. The molecule has 0 aliphatic heterocycles. The van der Waals surface area contributed by atoms with Crippen molar-refractivity contribution in [2.75, 3.05) is 0 Å². The van der Waals surface area contributed by atoms with Gasteiger partial charge in [0.2, 0.25) is 0 Å². The minimum atomic E-state index is -0.00443. The average Bonchev–Trinajstić information content (AvgIpc) is 3.11. The number of carbonyl (C=O) groups excluding carboxylic acids is 1. The molecule has 0 fully saturated rings. The Labute approximate surface area is 166 Å². The fourth-order valence-electron chi connectivity index (χ4n) is 2.86. The SMILES string of the molecule is Cc1nc(CC(=O)c2sc(-c3cccnc3)cc2C)nc(-c2ccccn2)n1. The molecule has 0 amide bonds. The first-order valence-electron chi connectivity index (χ1n) is 8.77. The van der Waals surface area contributed by atoms with E-state index in [1.165, 1.54) is 11.3 Å². The molecule has 6 nitrogen and oxygen atoms in total. The van der Waals surface area contributed by atoms with Crippen molar-refractivity contribution in [1.82, 2.24) is 24.9 Å². The highest BCUT2D eigenvalue weighted by molar-refractivity contribution is 7.17. The molecule has 0 saturated heterocycles. The van der Waals surface area contributed by atoms with E-state index in [1.54, 1.807) is 25.5 Å². The summed E-state index contributed by atoms with van der Waals surface area (Å²) >= 11 is 1.47. The minimum absolute atomic E-state index is 0.00443. The monoisotopic (exact) mass is 387 g/mol. The second-order valence-corrected chi connectivity index (χ2v) is 7.35. The van der Waals surface area contributed by atoms with Crippen LogP contribution in [-0.2, 0) is 6.42 Å². The summed E-state index contributed by atoms with van der Waals surface area (Å²) in [6.07, 6.45) is 5.34. The number of carbonyl (C=O) groups is 1. The van der Waals surface area contributed by atoms with Crippen LogP contribution in [0.3, 0.4) is 0 Å². The lowest BCUT2D eigenvalue weighted by Gasteiger charge is -2.04. The summed E-state index contributed by atoms with van der Waals surface area (Å²) in [6.45, 7) is 3.74. The fraction of sp³-hybridized carbons (Fsp3) is 0.143. The molecule has 28 heavy (non-hydrogen) atoms. The van der Waals surface area contributed by atoms with Crippen LogP contribution in [0.15, 0.2) is 55.0 Å². The highest BCUT2D eigenvalue weighted by Gasteiger charge is 2.17. The molecule has 4 aromatic rings. The Kier molecular flexibility index (Phi) is 4.99. The highest BCUT2D eigenvalue weighted by atomic mass is 32.1. The molecule has 0 saturated carbocycles.